The van der Waals surface area contributed by atoms with Crippen LogP contribution in [0, 0.1) is 0 Å². The third-order valence-corrected chi connectivity index (χ3v) is 8.87. The molecule has 4 aromatic carbocycles. The van der Waals surface area contributed by atoms with Crippen LogP contribution < -0.4 is 9.47 Å². The van der Waals surface area contributed by atoms with Gasteiger partial charge in [-0.1, -0.05) is 12.1 Å². The molecule has 0 fully saturated rings. The molecule has 0 aliphatic heterocycles. The maximum Gasteiger partial charge on any atom is 0.419 e. The predicted octanol–water partition coefficient (Wildman–Crippen LogP) is 8.92. The fraction of sp³-hybridized carbons (Fsp3) is 0.250. The van der Waals surface area contributed by atoms with Gasteiger partial charge in [-0.3, -0.25) is 9.80 Å². The fourth-order valence-electron chi connectivity index (χ4n) is 5.90. The highest BCUT2D eigenvalue weighted by molar-refractivity contribution is 6.29. The highest BCUT2D eigenvalue weighted by atomic mass is 19.4. The molecule has 2 N–H and O–H groups in total. The Kier molecular flexibility index (Phi) is 11.3. The van der Waals surface area contributed by atoms with Gasteiger partial charge in [0.25, 0.3) is 0 Å². The summed E-state index contributed by atoms with van der Waals surface area (Å²) in [5, 5.41) is 1.32. The molecule has 0 aliphatic rings. The lowest BCUT2D eigenvalue weighted by Gasteiger charge is -2.26. The number of ether oxygens (including phenoxy) is 4. The second-order valence-electron chi connectivity index (χ2n) is 13.4. The molecule has 2 unspecified atom stereocenters. The van der Waals surface area contributed by atoms with E-state index in [2.05, 4.69) is 9.97 Å². The first-order valence-corrected chi connectivity index (χ1v) is 17.1. The van der Waals surface area contributed by atoms with Gasteiger partial charge < -0.3 is 28.9 Å². The van der Waals surface area contributed by atoms with Crippen LogP contribution in [0.1, 0.15) is 22.3 Å². The normalized spacial score (nSPS) is 13.3. The van der Waals surface area contributed by atoms with Crippen LogP contribution in [0.2, 0.25) is 0 Å². The first-order valence-electron chi connectivity index (χ1n) is 17.1. The van der Waals surface area contributed by atoms with Gasteiger partial charge in [0.15, 0.2) is 12.5 Å². The molecule has 2 heterocycles. The highest BCUT2D eigenvalue weighted by Crippen LogP contribution is 2.36. The average Bonchev–Trinajstić information content (AvgIpc) is 3.73. The van der Waals surface area contributed by atoms with Crippen LogP contribution in [0.3, 0.4) is 0 Å². The fourth-order valence-corrected chi connectivity index (χ4v) is 5.90. The topological polar surface area (TPSA) is 109 Å². The summed E-state index contributed by atoms with van der Waals surface area (Å²) >= 11 is 0. The van der Waals surface area contributed by atoms with E-state index in [1.54, 1.807) is 86.8 Å². The van der Waals surface area contributed by atoms with Gasteiger partial charge in [-0.05, 0) is 112 Å². The zero-order valence-electron chi connectivity index (χ0n) is 30.4. The first-order chi connectivity index (χ1) is 26.4. The van der Waals surface area contributed by atoms with Gasteiger partial charge in [-0.25, -0.2) is 9.59 Å². The predicted molar refractivity (Wildman–Crippen MR) is 194 cm³/mol. The van der Waals surface area contributed by atoms with Crippen molar-refractivity contribution in [1.82, 2.24) is 19.8 Å². The second kappa shape index (κ2) is 16.0. The van der Waals surface area contributed by atoms with Gasteiger partial charge in [0, 0.05) is 47.0 Å². The van der Waals surface area contributed by atoms with Crippen LogP contribution in [0.4, 0.5) is 26.3 Å². The monoisotopic (exact) mass is 782 g/mol. The Hall–Kier alpha value is -6.00. The number of aromatic amines is 2. The van der Waals surface area contributed by atoms with E-state index in [-0.39, 0.29) is 35.8 Å². The van der Waals surface area contributed by atoms with Gasteiger partial charge in [-0.15, -0.1) is 0 Å². The van der Waals surface area contributed by atoms with E-state index in [1.807, 2.05) is 0 Å². The molecule has 16 heteroatoms. The molecule has 56 heavy (non-hydrogen) atoms. The van der Waals surface area contributed by atoms with E-state index >= 15 is 0 Å². The van der Waals surface area contributed by atoms with E-state index in [4.69, 9.17) is 18.9 Å². The van der Waals surface area contributed by atoms with Crippen molar-refractivity contribution in [2.45, 2.75) is 37.7 Å². The molecule has 0 aliphatic carbocycles. The number of carbonyl (C=O) groups excluding carboxylic acids is 2. The van der Waals surface area contributed by atoms with Crippen molar-refractivity contribution in [3.63, 3.8) is 0 Å². The van der Waals surface area contributed by atoms with Gasteiger partial charge >= 0.3 is 24.3 Å². The number of rotatable bonds is 12. The number of hydrogen-bond acceptors (Lipinski definition) is 8. The van der Waals surface area contributed by atoms with Crippen LogP contribution in [0.15, 0.2) is 97.3 Å². The van der Waals surface area contributed by atoms with Crippen LogP contribution >= 0.6 is 0 Å². The van der Waals surface area contributed by atoms with Crippen LogP contribution in [0.5, 0.6) is 23.0 Å². The maximum atomic E-state index is 13.2. The molecule has 10 nitrogen and oxygen atoms in total. The Balaban J connectivity index is 1.12. The molecular formula is C40H36F6N4O6. The van der Waals surface area contributed by atoms with E-state index in [0.717, 1.165) is 24.3 Å². The van der Waals surface area contributed by atoms with Crippen molar-refractivity contribution in [3.05, 3.63) is 120 Å². The smallest absolute Gasteiger partial charge is 0.419 e. The number of nitrogens with zero attached hydrogens (tertiary/aromatic N) is 2. The minimum Gasteiger partial charge on any atom is -0.457 e. The van der Waals surface area contributed by atoms with Crippen molar-refractivity contribution in [2.24, 2.45) is 0 Å². The number of nitrogens with one attached hydrogen (secondary N) is 2. The summed E-state index contributed by atoms with van der Waals surface area (Å²) in [5.41, 5.74) is 1.05. The quantitative estimate of drug-likeness (QED) is 0.0549. The Morgan fingerprint density at radius 2 is 0.946 bits per heavy atom. The summed E-state index contributed by atoms with van der Waals surface area (Å²) in [6.45, 7) is 0. The summed E-state index contributed by atoms with van der Waals surface area (Å²) in [4.78, 5) is 35.7. The minimum atomic E-state index is -4.53. The summed E-state index contributed by atoms with van der Waals surface area (Å²) in [6, 6.07) is 19.0. The van der Waals surface area contributed by atoms with Crippen molar-refractivity contribution < 1.29 is 54.9 Å². The second-order valence-corrected chi connectivity index (χ2v) is 13.4. The van der Waals surface area contributed by atoms with Crippen molar-refractivity contribution >= 4 is 33.7 Å². The van der Waals surface area contributed by atoms with E-state index in [1.165, 1.54) is 24.3 Å². The molecule has 6 aromatic rings. The van der Waals surface area contributed by atoms with Crippen molar-refractivity contribution in [1.29, 1.82) is 0 Å². The SMILES string of the molecule is CN(C)C(Cc1c[nH]c2ccc(Oc3cccc(C(F)(F)F)c3)cc12)OC(=O)C(=O)OC(Cc1c[nH]c2ccc(Oc3cccc(C(F)(F)F)c3)cc12)N(C)C. The van der Waals surface area contributed by atoms with Crippen LogP contribution in [-0.4, -0.2) is 72.4 Å². The van der Waals surface area contributed by atoms with Gasteiger partial charge in [-0.2, -0.15) is 26.3 Å². The zero-order chi connectivity index (χ0) is 40.4. The Bertz CT molecular complexity index is 2190. The molecule has 2 atom stereocenters. The number of carbonyl (C=O) groups is 2. The van der Waals surface area contributed by atoms with Crippen LogP contribution in [-0.2, 0) is 44.3 Å². The number of esters is 2. The number of benzene rings is 4. The Morgan fingerprint density at radius 1 is 0.571 bits per heavy atom. The lowest BCUT2D eigenvalue weighted by molar-refractivity contribution is -0.182. The van der Waals surface area contributed by atoms with Crippen molar-refractivity contribution in [2.75, 3.05) is 28.2 Å². The summed E-state index contributed by atoms with van der Waals surface area (Å²) in [6.07, 6.45) is -7.28. The van der Waals surface area contributed by atoms with Gasteiger partial charge in [0.05, 0.1) is 11.1 Å². The Labute approximate surface area is 316 Å². The highest BCUT2D eigenvalue weighted by Gasteiger charge is 2.32. The third-order valence-electron chi connectivity index (χ3n) is 8.87. The molecule has 294 valence electrons. The first kappa shape index (κ1) is 39.7. The summed E-state index contributed by atoms with van der Waals surface area (Å²) in [5.74, 6) is -1.90. The number of aromatic nitrogens is 2. The molecule has 0 bridgehead atoms. The number of alkyl halides is 6. The van der Waals surface area contributed by atoms with Crippen molar-refractivity contribution in [3.8, 4) is 23.0 Å². The molecule has 2 aromatic heterocycles. The molecule has 0 saturated heterocycles. The maximum absolute atomic E-state index is 13.2. The number of halogens is 6. The lowest BCUT2D eigenvalue weighted by atomic mass is 10.1. The van der Waals surface area contributed by atoms with Gasteiger partial charge in [0.1, 0.15) is 23.0 Å². The minimum absolute atomic E-state index is 0.00314. The number of fused-ring (bicyclic) bond motifs is 2. The molecule has 0 spiro atoms. The summed E-state index contributed by atoms with van der Waals surface area (Å²) < 4.78 is 102. The van der Waals surface area contributed by atoms with E-state index in [9.17, 15) is 35.9 Å². The molecule has 0 radical (unpaired) electrons. The van der Waals surface area contributed by atoms with E-state index < -0.39 is 47.9 Å². The van der Waals surface area contributed by atoms with Gasteiger partial charge in [0.2, 0.25) is 0 Å². The number of hydrogen-bond donors (Lipinski definition) is 2. The summed E-state index contributed by atoms with van der Waals surface area (Å²) in [7, 11) is 6.63. The van der Waals surface area contributed by atoms with E-state index in [0.29, 0.717) is 32.9 Å². The molecule has 0 saturated carbocycles. The van der Waals surface area contributed by atoms with Crippen LogP contribution in [0.25, 0.3) is 21.8 Å². The zero-order valence-corrected chi connectivity index (χ0v) is 30.4. The average molecular weight is 783 g/mol. The Morgan fingerprint density at radius 3 is 1.30 bits per heavy atom. The standard InChI is InChI=1S/C40H36F6N4O6/c1-49(2)35(15-23-21-47-33-13-11-29(19-31(23)33)53-27-9-5-7-25(17-27)39(41,42)43)55-37(51)38(52)56-36(50(3)4)16-24-22-48-34-14-12-30(20-32(24)34)54-28-10-6-8-26(18-28)40(44,45)46/h5-14,17-22,35-36,47-48H,15-16H2,1-4H3. The lowest BCUT2D eigenvalue weighted by Crippen LogP contribution is -2.40. The molecule has 0 amide bonds. The number of likely N-dealkylation sites (N-methyl/N-ethyl adjacent to an activating group) is 2. The third kappa shape index (κ3) is 9.44. The molecular weight excluding hydrogens is 746 g/mol. The molecule has 6 rings (SSSR count). The number of H-pyrrole nitrogens is 2. The largest absolute Gasteiger partial charge is 0.457 e.